The summed E-state index contributed by atoms with van der Waals surface area (Å²) in [6.45, 7) is 1.95. The fourth-order valence-corrected chi connectivity index (χ4v) is 2.41. The van der Waals surface area contributed by atoms with Gasteiger partial charge in [-0.2, -0.15) is 0 Å². The maximum absolute atomic E-state index is 12.8. The molecule has 25 heavy (non-hydrogen) atoms. The SMILES string of the molecule is Cc1cc2cc(CNC(=O)COc3ccc(F)cc3)ccc2[nH]c1=O. The molecular weight excluding hydrogens is 323 g/mol. The molecule has 1 aromatic heterocycles. The van der Waals surface area contributed by atoms with Crippen LogP contribution >= 0.6 is 0 Å². The highest BCUT2D eigenvalue weighted by Gasteiger charge is 2.05. The molecule has 2 aromatic carbocycles. The van der Waals surface area contributed by atoms with Crippen molar-refractivity contribution in [3.05, 3.63) is 75.8 Å². The van der Waals surface area contributed by atoms with E-state index in [0.717, 1.165) is 16.5 Å². The van der Waals surface area contributed by atoms with Crippen LogP contribution in [0, 0.1) is 12.7 Å². The van der Waals surface area contributed by atoms with E-state index in [0.29, 0.717) is 17.9 Å². The normalized spacial score (nSPS) is 10.6. The lowest BCUT2D eigenvalue weighted by Crippen LogP contribution is -2.28. The Morgan fingerprint density at radius 3 is 2.68 bits per heavy atom. The van der Waals surface area contributed by atoms with E-state index in [2.05, 4.69) is 10.3 Å². The van der Waals surface area contributed by atoms with Crippen molar-refractivity contribution in [2.45, 2.75) is 13.5 Å². The number of rotatable bonds is 5. The van der Waals surface area contributed by atoms with E-state index in [4.69, 9.17) is 4.74 Å². The maximum atomic E-state index is 12.8. The molecule has 2 N–H and O–H groups in total. The maximum Gasteiger partial charge on any atom is 0.258 e. The molecule has 0 fully saturated rings. The van der Waals surface area contributed by atoms with Gasteiger partial charge < -0.3 is 15.0 Å². The number of pyridine rings is 1. The first kappa shape index (κ1) is 16.7. The molecule has 1 amide bonds. The first-order valence-corrected chi connectivity index (χ1v) is 7.79. The third kappa shape index (κ3) is 4.23. The first-order chi connectivity index (χ1) is 12.0. The van der Waals surface area contributed by atoms with Crippen LogP contribution in [-0.4, -0.2) is 17.5 Å². The van der Waals surface area contributed by atoms with Gasteiger partial charge in [-0.25, -0.2) is 4.39 Å². The number of fused-ring (bicyclic) bond motifs is 1. The minimum Gasteiger partial charge on any atom is -0.484 e. The number of aryl methyl sites for hydroxylation is 1. The minimum absolute atomic E-state index is 0.105. The molecule has 0 atom stereocenters. The number of hydrogen-bond donors (Lipinski definition) is 2. The zero-order chi connectivity index (χ0) is 17.8. The van der Waals surface area contributed by atoms with Crippen molar-refractivity contribution in [3.63, 3.8) is 0 Å². The Bertz CT molecular complexity index is 965. The zero-order valence-electron chi connectivity index (χ0n) is 13.6. The molecule has 0 aliphatic rings. The van der Waals surface area contributed by atoms with Gasteiger partial charge in [-0.05, 0) is 60.3 Å². The number of halogens is 1. The van der Waals surface area contributed by atoms with Crippen molar-refractivity contribution < 1.29 is 13.9 Å². The number of nitrogens with one attached hydrogen (secondary N) is 2. The zero-order valence-corrected chi connectivity index (χ0v) is 13.6. The quantitative estimate of drug-likeness (QED) is 0.750. The summed E-state index contributed by atoms with van der Waals surface area (Å²) in [5.41, 5.74) is 2.20. The molecule has 0 unspecified atom stereocenters. The predicted molar refractivity (Wildman–Crippen MR) is 93.0 cm³/mol. The van der Waals surface area contributed by atoms with Crippen molar-refractivity contribution in [2.24, 2.45) is 0 Å². The molecule has 1 heterocycles. The molecule has 0 saturated carbocycles. The monoisotopic (exact) mass is 340 g/mol. The number of ether oxygens (including phenoxy) is 1. The lowest BCUT2D eigenvalue weighted by molar-refractivity contribution is -0.123. The van der Waals surface area contributed by atoms with E-state index in [1.54, 1.807) is 6.92 Å². The number of hydrogen-bond acceptors (Lipinski definition) is 3. The molecular formula is C19H17FN2O3. The first-order valence-electron chi connectivity index (χ1n) is 7.79. The van der Waals surface area contributed by atoms with Gasteiger partial charge in [-0.15, -0.1) is 0 Å². The predicted octanol–water partition coefficient (Wildman–Crippen LogP) is 2.67. The molecule has 0 saturated heterocycles. The molecule has 0 aliphatic carbocycles. The fourth-order valence-electron chi connectivity index (χ4n) is 2.41. The third-order valence-electron chi connectivity index (χ3n) is 3.77. The summed E-state index contributed by atoms with van der Waals surface area (Å²) in [5, 5.41) is 3.67. The van der Waals surface area contributed by atoms with E-state index in [-0.39, 0.29) is 23.9 Å². The summed E-state index contributed by atoms with van der Waals surface area (Å²) in [6.07, 6.45) is 0. The number of aromatic amines is 1. The number of H-pyrrole nitrogens is 1. The second-order valence-corrected chi connectivity index (χ2v) is 5.72. The lowest BCUT2D eigenvalue weighted by Gasteiger charge is -2.08. The summed E-state index contributed by atoms with van der Waals surface area (Å²) in [5.74, 6) is -0.201. The van der Waals surface area contributed by atoms with Gasteiger partial charge in [-0.3, -0.25) is 9.59 Å². The van der Waals surface area contributed by atoms with Gasteiger partial charge in [0, 0.05) is 17.6 Å². The Morgan fingerprint density at radius 1 is 1.16 bits per heavy atom. The van der Waals surface area contributed by atoms with Crippen LogP contribution in [0.4, 0.5) is 4.39 Å². The highest BCUT2D eigenvalue weighted by atomic mass is 19.1. The van der Waals surface area contributed by atoms with Crippen LogP contribution in [0.2, 0.25) is 0 Å². The molecule has 0 aliphatic heterocycles. The van der Waals surface area contributed by atoms with E-state index in [1.165, 1.54) is 24.3 Å². The Hall–Kier alpha value is -3.15. The Morgan fingerprint density at radius 2 is 1.92 bits per heavy atom. The van der Waals surface area contributed by atoms with Crippen LogP contribution in [0.15, 0.2) is 53.3 Å². The second-order valence-electron chi connectivity index (χ2n) is 5.72. The smallest absolute Gasteiger partial charge is 0.258 e. The summed E-state index contributed by atoms with van der Waals surface area (Å²) in [4.78, 5) is 26.3. The van der Waals surface area contributed by atoms with E-state index >= 15 is 0 Å². The van der Waals surface area contributed by atoms with Gasteiger partial charge in [0.15, 0.2) is 6.61 Å². The Labute approximate surface area is 143 Å². The van der Waals surface area contributed by atoms with Crippen LogP contribution < -0.4 is 15.6 Å². The van der Waals surface area contributed by atoms with Gasteiger partial charge in [-0.1, -0.05) is 6.07 Å². The summed E-state index contributed by atoms with van der Waals surface area (Å²) in [7, 11) is 0. The molecule has 5 nitrogen and oxygen atoms in total. The topological polar surface area (TPSA) is 71.2 Å². The van der Waals surface area contributed by atoms with Gasteiger partial charge in [0.05, 0.1) is 0 Å². The molecule has 0 bridgehead atoms. The standard InChI is InChI=1S/C19H17FN2O3/c1-12-8-14-9-13(2-7-17(14)22-19(12)24)10-21-18(23)11-25-16-5-3-15(20)4-6-16/h2-9H,10-11H2,1H3,(H,21,23)(H,22,24). The number of benzene rings is 2. The summed E-state index contributed by atoms with van der Waals surface area (Å²) >= 11 is 0. The third-order valence-corrected chi connectivity index (χ3v) is 3.77. The molecule has 3 aromatic rings. The van der Waals surface area contributed by atoms with E-state index < -0.39 is 0 Å². The van der Waals surface area contributed by atoms with Crippen LogP contribution in [0.3, 0.4) is 0 Å². The largest absolute Gasteiger partial charge is 0.484 e. The molecule has 6 heteroatoms. The highest BCUT2D eigenvalue weighted by molar-refractivity contribution is 5.80. The van der Waals surface area contributed by atoms with Crippen LogP contribution in [0.25, 0.3) is 10.9 Å². The fraction of sp³-hybridized carbons (Fsp3) is 0.158. The van der Waals surface area contributed by atoms with Gasteiger partial charge in [0.1, 0.15) is 11.6 Å². The average Bonchev–Trinajstić information content (AvgIpc) is 2.60. The highest BCUT2D eigenvalue weighted by Crippen LogP contribution is 2.14. The lowest BCUT2D eigenvalue weighted by atomic mass is 10.1. The number of carbonyl (C=O) groups excluding carboxylic acids is 1. The average molecular weight is 340 g/mol. The van der Waals surface area contributed by atoms with Crippen molar-refractivity contribution in [3.8, 4) is 5.75 Å². The van der Waals surface area contributed by atoms with Crippen molar-refractivity contribution in [1.29, 1.82) is 0 Å². The Balaban J connectivity index is 1.58. The van der Waals surface area contributed by atoms with Gasteiger partial charge in [0.2, 0.25) is 0 Å². The van der Waals surface area contributed by atoms with Gasteiger partial charge >= 0.3 is 0 Å². The number of amides is 1. The van der Waals surface area contributed by atoms with Crippen LogP contribution in [0.5, 0.6) is 5.75 Å². The molecule has 128 valence electrons. The van der Waals surface area contributed by atoms with Crippen LogP contribution in [-0.2, 0) is 11.3 Å². The van der Waals surface area contributed by atoms with Gasteiger partial charge in [0.25, 0.3) is 11.5 Å². The molecule has 0 spiro atoms. The van der Waals surface area contributed by atoms with Crippen molar-refractivity contribution in [2.75, 3.05) is 6.61 Å². The molecule has 0 radical (unpaired) electrons. The second kappa shape index (κ2) is 7.17. The van der Waals surface area contributed by atoms with Crippen molar-refractivity contribution >= 4 is 16.8 Å². The number of aromatic nitrogens is 1. The van der Waals surface area contributed by atoms with E-state index in [9.17, 15) is 14.0 Å². The number of carbonyl (C=O) groups is 1. The summed E-state index contributed by atoms with van der Waals surface area (Å²) in [6, 6.07) is 12.9. The van der Waals surface area contributed by atoms with Crippen LogP contribution in [0.1, 0.15) is 11.1 Å². The van der Waals surface area contributed by atoms with E-state index in [1.807, 2.05) is 24.3 Å². The molecule has 3 rings (SSSR count). The Kier molecular flexibility index (Phi) is 4.79. The summed E-state index contributed by atoms with van der Waals surface area (Å²) < 4.78 is 18.1. The minimum atomic E-state index is -0.357. The van der Waals surface area contributed by atoms with Crippen molar-refractivity contribution in [1.82, 2.24) is 10.3 Å².